The van der Waals surface area contributed by atoms with E-state index in [0.29, 0.717) is 45.4 Å². The first-order valence-corrected chi connectivity index (χ1v) is 19.9. The van der Waals surface area contributed by atoms with Crippen molar-refractivity contribution < 1.29 is 35.6 Å². The third kappa shape index (κ3) is 6.07. The largest absolute Gasteiger partial charge is 0.507 e. The van der Waals surface area contributed by atoms with Gasteiger partial charge >= 0.3 is 0 Å². The summed E-state index contributed by atoms with van der Waals surface area (Å²) < 4.78 is 16.3. The van der Waals surface area contributed by atoms with Crippen LogP contribution in [0.4, 0.5) is 0 Å². The Hall–Kier alpha value is -6.69. The van der Waals surface area contributed by atoms with E-state index in [4.69, 9.17) is 19.4 Å². The van der Waals surface area contributed by atoms with Crippen LogP contribution >= 0.6 is 0 Å². The van der Waals surface area contributed by atoms with E-state index < -0.39 is 0 Å². The van der Waals surface area contributed by atoms with Gasteiger partial charge in [-0.3, -0.25) is 9.97 Å². The van der Waals surface area contributed by atoms with Crippen LogP contribution in [0.2, 0.25) is 0 Å². The molecule has 11 rings (SSSR count). The molecule has 0 aliphatic carbocycles. The summed E-state index contributed by atoms with van der Waals surface area (Å²) >= 11 is 0. The second kappa shape index (κ2) is 14.5. The number of phenolic OH excluding ortho intramolecular Hbond substituents is 1. The molecule has 0 radical (unpaired) electrons. The van der Waals surface area contributed by atoms with Gasteiger partial charge < -0.3 is 19.1 Å². The van der Waals surface area contributed by atoms with Gasteiger partial charge in [0.05, 0.1) is 34.1 Å². The first-order valence-electron chi connectivity index (χ1n) is 19.9. The Bertz CT molecular complexity index is 3130. The number of para-hydroxylation sites is 5. The van der Waals surface area contributed by atoms with Crippen molar-refractivity contribution in [1.29, 1.82) is 0 Å². The zero-order chi connectivity index (χ0) is 39.8. The van der Waals surface area contributed by atoms with Crippen molar-refractivity contribution in [2.75, 3.05) is 0 Å². The fourth-order valence-electron chi connectivity index (χ4n) is 8.64. The van der Waals surface area contributed by atoms with Gasteiger partial charge in [-0.05, 0) is 87.6 Å². The molecule has 0 saturated heterocycles. The molecule has 4 heterocycles. The molecule has 7 aromatic carbocycles. The van der Waals surface area contributed by atoms with Gasteiger partial charge in [0.25, 0.3) is 0 Å². The predicted molar refractivity (Wildman–Crippen MR) is 237 cm³/mol. The molecule has 0 saturated carbocycles. The van der Waals surface area contributed by atoms with Gasteiger partial charge in [-0.1, -0.05) is 141 Å². The number of hydrogen-bond acceptors (Lipinski definition) is 5. The van der Waals surface area contributed by atoms with Gasteiger partial charge in [0.2, 0.25) is 6.71 Å². The molecular formula is C52H37BN3O3Pt-. The number of phenols is 1. The molecule has 1 N–H and O–H groups in total. The molecule has 0 bridgehead atoms. The Morgan fingerprint density at radius 1 is 0.600 bits per heavy atom. The summed E-state index contributed by atoms with van der Waals surface area (Å²) in [6.45, 7) is 6.54. The molecule has 0 spiro atoms. The van der Waals surface area contributed by atoms with Crippen LogP contribution in [-0.4, -0.2) is 26.4 Å². The normalized spacial score (nSPS) is 12.4. The van der Waals surface area contributed by atoms with Crippen molar-refractivity contribution in [1.82, 2.24) is 14.5 Å². The Labute approximate surface area is 363 Å². The fourth-order valence-corrected chi connectivity index (χ4v) is 8.64. The number of nitrogens with zero attached hydrogens (tertiary/aromatic N) is 3. The summed E-state index contributed by atoms with van der Waals surface area (Å²) in [5.41, 5.74) is 12.4. The van der Waals surface area contributed by atoms with E-state index in [-0.39, 0.29) is 38.9 Å². The average molecular weight is 958 g/mol. The third-order valence-electron chi connectivity index (χ3n) is 11.5. The van der Waals surface area contributed by atoms with Crippen LogP contribution in [0.15, 0.2) is 164 Å². The van der Waals surface area contributed by atoms with Crippen molar-refractivity contribution in [2.45, 2.75) is 26.2 Å². The molecule has 2 aliphatic rings. The monoisotopic (exact) mass is 957 g/mol. The van der Waals surface area contributed by atoms with Crippen LogP contribution in [0, 0.1) is 6.07 Å². The number of rotatable bonds is 5. The van der Waals surface area contributed by atoms with Crippen molar-refractivity contribution in [3.8, 4) is 79.5 Å². The summed E-state index contributed by atoms with van der Waals surface area (Å²) in [5, 5.41) is 10.9. The molecule has 0 atom stereocenters. The Balaban J connectivity index is 0.00000433. The van der Waals surface area contributed by atoms with Gasteiger partial charge in [-0.15, -0.1) is 6.07 Å². The number of imidazole rings is 1. The van der Waals surface area contributed by atoms with Gasteiger partial charge in [0.15, 0.2) is 0 Å². The smallest absolute Gasteiger partial charge is 0.243 e. The number of hydrogen-bond donors (Lipinski definition) is 1. The first-order chi connectivity index (χ1) is 28.8. The number of benzene rings is 7. The van der Waals surface area contributed by atoms with Crippen LogP contribution in [-0.2, 0) is 26.5 Å². The zero-order valence-electron chi connectivity index (χ0n) is 33.1. The molecule has 8 heteroatoms. The SMILES string of the molecule is CC(C)(C)c1ccc(-n2c(-c3[c-]c(-c4cccc(-c5ccccc5O)n4)c4c5c3Oc3ccccc3B5c3ccccc3O4)nc3ccccc32)c(-c2ccccc2)c1.[Pt]. The van der Waals surface area contributed by atoms with Gasteiger partial charge in [-0.2, -0.15) is 0 Å². The second-order valence-corrected chi connectivity index (χ2v) is 16.2. The zero-order valence-corrected chi connectivity index (χ0v) is 35.4. The Morgan fingerprint density at radius 2 is 1.23 bits per heavy atom. The van der Waals surface area contributed by atoms with E-state index in [9.17, 15) is 5.11 Å². The van der Waals surface area contributed by atoms with Crippen LogP contribution in [0.5, 0.6) is 28.7 Å². The summed E-state index contributed by atoms with van der Waals surface area (Å²) in [4.78, 5) is 10.6. The Kier molecular flexibility index (Phi) is 9.11. The van der Waals surface area contributed by atoms with E-state index in [1.165, 1.54) is 5.56 Å². The molecule has 9 aromatic rings. The maximum atomic E-state index is 10.9. The van der Waals surface area contributed by atoms with Gasteiger partial charge in [-0.25, -0.2) is 0 Å². The minimum absolute atomic E-state index is 0. The predicted octanol–water partition coefficient (Wildman–Crippen LogP) is 10.6. The van der Waals surface area contributed by atoms with Crippen LogP contribution in [0.3, 0.4) is 0 Å². The molecule has 0 fully saturated rings. The molecule has 292 valence electrons. The topological polar surface area (TPSA) is 69.4 Å². The van der Waals surface area contributed by atoms with Gasteiger partial charge in [0.1, 0.15) is 17.2 Å². The maximum Gasteiger partial charge on any atom is 0.243 e. The molecule has 2 aliphatic heterocycles. The quantitative estimate of drug-likeness (QED) is 0.138. The van der Waals surface area contributed by atoms with Crippen molar-refractivity contribution in [3.05, 3.63) is 175 Å². The number of ether oxygens (including phenoxy) is 2. The fraction of sp³-hybridized carbons (Fsp3) is 0.0769. The van der Waals surface area contributed by atoms with Crippen LogP contribution in [0.1, 0.15) is 26.3 Å². The third-order valence-corrected chi connectivity index (χ3v) is 11.5. The minimum Gasteiger partial charge on any atom is -0.507 e. The molecule has 0 amide bonds. The molecule has 6 nitrogen and oxygen atoms in total. The van der Waals surface area contributed by atoms with E-state index in [1.54, 1.807) is 6.07 Å². The summed E-state index contributed by atoms with van der Waals surface area (Å²) in [7, 11) is 0. The van der Waals surface area contributed by atoms with E-state index in [1.807, 2.05) is 66.7 Å². The average Bonchev–Trinajstić information content (AvgIpc) is 3.65. The van der Waals surface area contributed by atoms with E-state index in [0.717, 1.165) is 55.7 Å². The minimum atomic E-state index is -0.202. The number of pyridine rings is 1. The summed E-state index contributed by atoms with van der Waals surface area (Å²) in [6.07, 6.45) is 0. The summed E-state index contributed by atoms with van der Waals surface area (Å²) in [5.74, 6) is 3.65. The van der Waals surface area contributed by atoms with E-state index >= 15 is 0 Å². The summed E-state index contributed by atoms with van der Waals surface area (Å²) in [6, 6.07) is 59.0. The maximum absolute atomic E-state index is 10.9. The Morgan fingerprint density at radius 3 is 1.97 bits per heavy atom. The van der Waals surface area contributed by atoms with Gasteiger partial charge in [0, 0.05) is 43.6 Å². The standard InChI is InChI=1S/C52H37BN3O3.Pt/c1-52(2,3)33-28-29-43(35(30-33)32-16-5-4-6-17-32)56-44-24-11-10-21-42(44)55-51(56)37-31-36(41-23-15-22-40(54-41)34-18-7-12-25-45(34)57)49-48-50(37)59-47-27-14-9-20-39(47)53(48)38-19-8-13-26-46(38)58-49;/h4-30,57H,1-3H3;/q-1;. The molecule has 2 aromatic heterocycles. The molecular weight excluding hydrogens is 920 g/mol. The van der Waals surface area contributed by atoms with Crippen molar-refractivity contribution >= 4 is 34.1 Å². The molecule has 60 heavy (non-hydrogen) atoms. The van der Waals surface area contributed by atoms with E-state index in [2.05, 4.69) is 122 Å². The molecule has 0 unspecified atom stereocenters. The number of aromatic nitrogens is 3. The number of aromatic hydroxyl groups is 1. The first kappa shape index (κ1) is 37.6. The van der Waals surface area contributed by atoms with Crippen molar-refractivity contribution in [2.24, 2.45) is 0 Å². The number of fused-ring (bicyclic) bond motifs is 5. The van der Waals surface area contributed by atoms with Crippen LogP contribution < -0.4 is 25.9 Å². The van der Waals surface area contributed by atoms with Crippen LogP contribution in [0.25, 0.3) is 61.8 Å². The van der Waals surface area contributed by atoms with Crippen molar-refractivity contribution in [3.63, 3.8) is 0 Å². The second-order valence-electron chi connectivity index (χ2n) is 16.2.